The number of nitrogens with zero attached hydrogens (tertiary/aromatic N) is 3. The summed E-state index contributed by atoms with van der Waals surface area (Å²) in [6.45, 7) is 0.541. The van der Waals surface area contributed by atoms with Gasteiger partial charge < -0.3 is 9.88 Å². The molecule has 1 amide bonds. The summed E-state index contributed by atoms with van der Waals surface area (Å²) in [4.78, 5) is 37.5. The van der Waals surface area contributed by atoms with Gasteiger partial charge >= 0.3 is 0 Å². The number of hydrazine groups is 1. The van der Waals surface area contributed by atoms with Crippen molar-refractivity contribution in [3.05, 3.63) is 46.6 Å². The summed E-state index contributed by atoms with van der Waals surface area (Å²) in [5, 5.41) is 0. The number of carbonyl (C=O) groups excluding carboxylic acids is 1. The number of hydrogen-bond acceptors (Lipinski definition) is 6. The Balaban J connectivity index is 1.43. The molecule has 1 saturated heterocycles. The molecular weight excluding hydrogens is 332 g/mol. The van der Waals surface area contributed by atoms with Gasteiger partial charge in [-0.1, -0.05) is 0 Å². The van der Waals surface area contributed by atoms with E-state index < -0.39 is 5.56 Å². The number of aromatic amines is 1. The van der Waals surface area contributed by atoms with Crippen LogP contribution in [-0.4, -0.2) is 51.4 Å². The van der Waals surface area contributed by atoms with Crippen molar-refractivity contribution in [3.63, 3.8) is 0 Å². The molecule has 3 heterocycles. The van der Waals surface area contributed by atoms with Gasteiger partial charge in [-0.2, -0.15) is 0 Å². The van der Waals surface area contributed by atoms with Crippen LogP contribution in [0.2, 0.25) is 0 Å². The highest BCUT2D eigenvalue weighted by Gasteiger charge is 2.37. The van der Waals surface area contributed by atoms with Gasteiger partial charge in [0.25, 0.3) is 11.5 Å². The molecule has 0 spiro atoms. The second-order valence-corrected chi connectivity index (χ2v) is 7.07. The topological polar surface area (TPSA) is 103 Å². The number of amides is 1. The molecule has 4 rings (SSSR count). The maximum absolute atomic E-state index is 12.6. The fourth-order valence-corrected chi connectivity index (χ4v) is 3.39. The van der Waals surface area contributed by atoms with Crippen LogP contribution in [0, 0.1) is 5.92 Å². The van der Waals surface area contributed by atoms with Crippen molar-refractivity contribution in [2.75, 3.05) is 13.6 Å². The molecule has 1 aliphatic heterocycles. The summed E-state index contributed by atoms with van der Waals surface area (Å²) in [7, 11) is 1.71. The fourth-order valence-electron chi connectivity index (χ4n) is 3.39. The summed E-state index contributed by atoms with van der Waals surface area (Å²) in [6.07, 6.45) is 8.16. The Morgan fingerprint density at radius 2 is 2.15 bits per heavy atom. The van der Waals surface area contributed by atoms with Crippen molar-refractivity contribution in [1.29, 1.82) is 0 Å². The Morgan fingerprint density at radius 1 is 1.31 bits per heavy atom. The molecule has 2 fully saturated rings. The number of H-pyrrole nitrogens is 1. The van der Waals surface area contributed by atoms with E-state index in [-0.39, 0.29) is 17.5 Å². The minimum absolute atomic E-state index is 0.0461. The Hall–Kier alpha value is -2.58. The predicted molar refractivity (Wildman–Crippen MR) is 96.2 cm³/mol. The van der Waals surface area contributed by atoms with Crippen LogP contribution in [0.5, 0.6) is 0 Å². The number of pyridine rings is 1. The third-order valence-electron chi connectivity index (χ3n) is 5.01. The van der Waals surface area contributed by atoms with Crippen molar-refractivity contribution in [1.82, 2.24) is 30.7 Å². The molecule has 0 radical (unpaired) electrons. The highest BCUT2D eigenvalue weighted by Crippen LogP contribution is 2.35. The van der Waals surface area contributed by atoms with E-state index in [0.717, 1.165) is 12.3 Å². The maximum Gasteiger partial charge on any atom is 0.264 e. The molecule has 2 aromatic rings. The summed E-state index contributed by atoms with van der Waals surface area (Å²) in [6, 6.07) is 4.25. The Kier molecular flexibility index (Phi) is 4.52. The van der Waals surface area contributed by atoms with Crippen LogP contribution in [0.1, 0.15) is 29.6 Å². The second kappa shape index (κ2) is 6.97. The van der Waals surface area contributed by atoms with Gasteiger partial charge in [0.05, 0.1) is 0 Å². The average molecular weight is 354 g/mol. The monoisotopic (exact) mass is 354 g/mol. The van der Waals surface area contributed by atoms with E-state index in [1.54, 1.807) is 36.5 Å². The highest BCUT2D eigenvalue weighted by atomic mass is 16.2. The molecule has 3 N–H and O–H groups in total. The van der Waals surface area contributed by atoms with Gasteiger partial charge in [-0.15, -0.1) is 0 Å². The molecule has 2 atom stereocenters. The lowest BCUT2D eigenvalue weighted by Crippen LogP contribution is -2.42. The van der Waals surface area contributed by atoms with E-state index in [4.69, 9.17) is 0 Å². The molecule has 0 aromatic carbocycles. The van der Waals surface area contributed by atoms with Crippen LogP contribution in [0.3, 0.4) is 0 Å². The fraction of sp³-hybridized carbons (Fsp3) is 0.444. The summed E-state index contributed by atoms with van der Waals surface area (Å²) in [5.74, 6) is 0.838. The molecule has 136 valence electrons. The van der Waals surface area contributed by atoms with Gasteiger partial charge in [-0.25, -0.2) is 4.98 Å². The summed E-state index contributed by atoms with van der Waals surface area (Å²) >= 11 is 0. The molecular formula is C18H22N6O2. The molecule has 2 aromatic heterocycles. The number of rotatable bonds is 5. The van der Waals surface area contributed by atoms with Crippen LogP contribution >= 0.6 is 0 Å². The first-order valence-corrected chi connectivity index (χ1v) is 8.88. The SMILES string of the molecule is CN(CC1CC(C2CC2)NN1)C(=O)c1cnc(-c2cccnc2)[nH]c1=O. The number of carbonyl (C=O) groups is 1. The van der Waals surface area contributed by atoms with Crippen molar-refractivity contribution >= 4 is 5.91 Å². The van der Waals surface area contributed by atoms with Gasteiger partial charge in [-0.3, -0.25) is 25.4 Å². The first-order valence-electron chi connectivity index (χ1n) is 8.88. The highest BCUT2D eigenvalue weighted by molar-refractivity contribution is 5.93. The third-order valence-corrected chi connectivity index (χ3v) is 5.01. The van der Waals surface area contributed by atoms with E-state index in [9.17, 15) is 9.59 Å². The lowest BCUT2D eigenvalue weighted by Gasteiger charge is -2.20. The first-order chi connectivity index (χ1) is 12.6. The molecule has 2 aliphatic rings. The first kappa shape index (κ1) is 16.9. The summed E-state index contributed by atoms with van der Waals surface area (Å²) in [5.41, 5.74) is 6.88. The van der Waals surface area contributed by atoms with E-state index >= 15 is 0 Å². The van der Waals surface area contributed by atoms with E-state index in [1.807, 2.05) is 0 Å². The Labute approximate surface area is 151 Å². The van der Waals surface area contributed by atoms with Gasteiger partial charge in [0.2, 0.25) is 0 Å². The molecule has 8 nitrogen and oxygen atoms in total. The number of nitrogens with one attached hydrogen (secondary N) is 3. The van der Waals surface area contributed by atoms with Crippen LogP contribution in [0.25, 0.3) is 11.4 Å². The van der Waals surface area contributed by atoms with Crippen LogP contribution in [-0.2, 0) is 0 Å². The standard InChI is InChI=1S/C18H22N6O2/c1-24(10-13-7-15(23-22-13)11-4-5-11)18(26)14-9-20-16(21-17(14)25)12-3-2-6-19-8-12/h2-3,6,8-9,11,13,15,22-23H,4-5,7,10H2,1H3,(H,20,21,25). The molecule has 1 saturated carbocycles. The minimum atomic E-state index is -0.441. The quantitative estimate of drug-likeness (QED) is 0.725. The number of likely N-dealkylation sites (N-methyl/N-ethyl adjacent to an activating group) is 1. The Bertz CT molecular complexity index is 848. The van der Waals surface area contributed by atoms with Crippen molar-refractivity contribution < 1.29 is 4.79 Å². The largest absolute Gasteiger partial charge is 0.340 e. The predicted octanol–water partition coefficient (Wildman–Crippen LogP) is 0.549. The molecule has 0 bridgehead atoms. The lowest BCUT2D eigenvalue weighted by atomic mass is 10.1. The van der Waals surface area contributed by atoms with Crippen molar-refractivity contribution in [2.24, 2.45) is 5.92 Å². The smallest absolute Gasteiger partial charge is 0.264 e. The maximum atomic E-state index is 12.6. The van der Waals surface area contributed by atoms with Gasteiger partial charge in [-0.05, 0) is 37.3 Å². The zero-order valence-electron chi connectivity index (χ0n) is 14.6. The van der Waals surface area contributed by atoms with Crippen LogP contribution in [0.15, 0.2) is 35.5 Å². The molecule has 8 heteroatoms. The molecule has 1 aliphatic carbocycles. The van der Waals surface area contributed by atoms with Gasteiger partial charge in [0, 0.05) is 49.8 Å². The lowest BCUT2D eigenvalue weighted by molar-refractivity contribution is 0.0780. The third kappa shape index (κ3) is 3.51. The van der Waals surface area contributed by atoms with Gasteiger partial charge in [0.1, 0.15) is 11.4 Å². The van der Waals surface area contributed by atoms with Crippen LogP contribution in [0.4, 0.5) is 0 Å². The van der Waals surface area contributed by atoms with E-state index in [0.29, 0.717) is 24.0 Å². The number of hydrogen-bond donors (Lipinski definition) is 3. The van der Waals surface area contributed by atoms with E-state index in [1.165, 1.54) is 19.0 Å². The van der Waals surface area contributed by atoms with Crippen LogP contribution < -0.4 is 16.4 Å². The molecule has 26 heavy (non-hydrogen) atoms. The van der Waals surface area contributed by atoms with Crippen molar-refractivity contribution in [2.45, 2.75) is 31.3 Å². The number of aromatic nitrogens is 3. The summed E-state index contributed by atoms with van der Waals surface area (Å²) < 4.78 is 0. The second-order valence-electron chi connectivity index (χ2n) is 7.07. The Morgan fingerprint density at radius 3 is 2.85 bits per heavy atom. The normalized spacial score (nSPS) is 22.3. The van der Waals surface area contributed by atoms with E-state index in [2.05, 4.69) is 25.8 Å². The molecule has 2 unspecified atom stereocenters. The van der Waals surface area contributed by atoms with Crippen molar-refractivity contribution in [3.8, 4) is 11.4 Å². The zero-order valence-corrected chi connectivity index (χ0v) is 14.6. The van der Waals surface area contributed by atoms with Gasteiger partial charge in [0.15, 0.2) is 0 Å². The minimum Gasteiger partial charge on any atom is -0.340 e. The zero-order chi connectivity index (χ0) is 18.1. The average Bonchev–Trinajstić information content (AvgIpc) is 3.41.